The van der Waals surface area contributed by atoms with E-state index in [-0.39, 0.29) is 29.0 Å². The highest BCUT2D eigenvalue weighted by molar-refractivity contribution is 8.00. The molecule has 2 atom stereocenters. The molecular weight excluding hydrogens is 572 g/mol. The number of amides is 2. The van der Waals surface area contributed by atoms with Crippen molar-refractivity contribution in [2.24, 2.45) is 5.16 Å². The van der Waals surface area contributed by atoms with E-state index in [1.54, 1.807) is 6.92 Å². The number of carbonyl (C=O) groups is 3. The maximum atomic E-state index is 13.2. The summed E-state index contributed by atoms with van der Waals surface area (Å²) in [6.07, 6.45) is 2.88. The topological polar surface area (TPSA) is 191 Å². The van der Waals surface area contributed by atoms with Crippen LogP contribution < -0.4 is 31.2 Å². The monoisotopic (exact) mass is 603 g/mol. The van der Waals surface area contributed by atoms with Gasteiger partial charge in [0.05, 0.1) is 6.20 Å². The number of anilines is 3. The van der Waals surface area contributed by atoms with E-state index in [9.17, 15) is 19.5 Å². The molecule has 0 radical (unpaired) electrons. The number of oxime groups is 1. The summed E-state index contributed by atoms with van der Waals surface area (Å²) in [6, 6.07) is 3.02. The molecule has 0 spiro atoms. The van der Waals surface area contributed by atoms with Gasteiger partial charge >= 0.3 is 5.97 Å². The van der Waals surface area contributed by atoms with Crippen molar-refractivity contribution in [2.45, 2.75) is 31.3 Å². The number of nitrogens with zero attached hydrogens (tertiary/aromatic N) is 6. The molecule has 0 aliphatic carbocycles. The molecule has 2 amide bonds. The lowest BCUT2D eigenvalue weighted by Crippen LogP contribution is -2.71. The number of pyridine rings is 1. The SMILES string of the molecule is CCO/N=C(\C(=O)N[C@@H]1C(=O)N2C(C(=O)O)=C(C[n+]3cccc4c3NCN4CCCNC)CS[C@H]12)c1nsc(N)n1. The zero-order valence-electron chi connectivity index (χ0n) is 22.5. The quantitative estimate of drug-likeness (QED) is 0.0681. The Morgan fingerprint density at radius 3 is 2.95 bits per heavy atom. The van der Waals surface area contributed by atoms with Crippen LogP contribution in [0, 0.1) is 0 Å². The van der Waals surface area contributed by atoms with Crippen LogP contribution in [-0.2, 0) is 25.8 Å². The van der Waals surface area contributed by atoms with Crippen molar-refractivity contribution in [1.29, 1.82) is 0 Å². The third-order valence-corrected chi connectivity index (χ3v) is 8.62. The minimum Gasteiger partial charge on any atom is -0.477 e. The predicted molar refractivity (Wildman–Crippen MR) is 153 cm³/mol. The van der Waals surface area contributed by atoms with Gasteiger partial charge in [-0.2, -0.15) is 9.36 Å². The molecule has 1 saturated heterocycles. The van der Waals surface area contributed by atoms with Gasteiger partial charge in [-0.05, 0) is 39.1 Å². The number of hydrogen-bond donors (Lipinski definition) is 5. The number of nitrogen functional groups attached to an aromatic ring is 1. The zero-order chi connectivity index (χ0) is 29.1. The van der Waals surface area contributed by atoms with E-state index in [0.717, 1.165) is 42.5 Å². The lowest BCUT2D eigenvalue weighted by Gasteiger charge is -2.49. The fourth-order valence-electron chi connectivity index (χ4n) is 4.88. The number of carbonyl (C=O) groups excluding carboxylic acids is 2. The Morgan fingerprint density at radius 2 is 2.24 bits per heavy atom. The Kier molecular flexibility index (Phi) is 8.55. The molecule has 2 aromatic heterocycles. The van der Waals surface area contributed by atoms with E-state index in [1.807, 2.05) is 29.9 Å². The van der Waals surface area contributed by atoms with Crippen molar-refractivity contribution in [3.63, 3.8) is 0 Å². The van der Waals surface area contributed by atoms with Crippen LogP contribution in [0.25, 0.3) is 0 Å². The first-order chi connectivity index (χ1) is 19.8. The molecule has 1 fully saturated rings. The van der Waals surface area contributed by atoms with Crippen molar-refractivity contribution in [3.8, 4) is 0 Å². The average molecular weight is 604 g/mol. The highest BCUT2D eigenvalue weighted by Gasteiger charge is 2.54. The summed E-state index contributed by atoms with van der Waals surface area (Å²) in [5.74, 6) is -1.19. The molecule has 218 valence electrons. The van der Waals surface area contributed by atoms with Gasteiger partial charge in [0.15, 0.2) is 11.8 Å². The Bertz CT molecular complexity index is 1410. The number of carboxylic acid groups (broad SMARTS) is 1. The van der Waals surface area contributed by atoms with Gasteiger partial charge in [-0.3, -0.25) is 19.8 Å². The summed E-state index contributed by atoms with van der Waals surface area (Å²) in [5, 5.41) is 22.7. The second-order valence-electron chi connectivity index (χ2n) is 9.36. The molecular formula is C24H31N10O5S2+. The van der Waals surface area contributed by atoms with Crippen LogP contribution in [-0.4, -0.2) is 93.4 Å². The van der Waals surface area contributed by atoms with Crippen molar-refractivity contribution in [3.05, 3.63) is 35.4 Å². The number of thioether (sulfide) groups is 1. The van der Waals surface area contributed by atoms with E-state index < -0.39 is 29.2 Å². The van der Waals surface area contributed by atoms with Crippen LogP contribution in [0.1, 0.15) is 19.2 Å². The fourth-order valence-corrected chi connectivity index (χ4v) is 6.65. The van der Waals surface area contributed by atoms with Crippen LogP contribution in [0.3, 0.4) is 0 Å². The minimum atomic E-state index is -1.20. The first-order valence-electron chi connectivity index (χ1n) is 13.0. The first-order valence-corrected chi connectivity index (χ1v) is 14.8. The molecule has 0 bridgehead atoms. The smallest absolute Gasteiger partial charge is 0.352 e. The molecule has 3 aliphatic rings. The van der Waals surface area contributed by atoms with Crippen LogP contribution in [0.15, 0.2) is 34.8 Å². The van der Waals surface area contributed by atoms with E-state index in [0.29, 0.717) is 24.5 Å². The van der Waals surface area contributed by atoms with E-state index in [2.05, 4.69) is 35.4 Å². The van der Waals surface area contributed by atoms with Crippen LogP contribution in [0.4, 0.5) is 16.6 Å². The number of aliphatic carboxylic acids is 1. The standard InChI is InChI=1S/C24H30N10O5S2/c1-3-39-30-15(18-29-24(25)41-31-18)20(35)28-16-21(36)34-17(23(37)38)13(11-40-22(16)34)10-32-8-4-6-14-19(32)27-12-33(14)9-5-7-26-2/h4,6,8,16,22,26H,3,5,7,9-12H2,1-2H3,(H4,25,28,29,31,35,37,38)/p+1/b30-15-/t16-,22-/m1/s1. The summed E-state index contributed by atoms with van der Waals surface area (Å²) in [5.41, 5.74) is 7.02. The molecule has 5 heterocycles. The number of rotatable bonds is 12. The largest absolute Gasteiger partial charge is 0.477 e. The lowest BCUT2D eigenvalue weighted by molar-refractivity contribution is -0.674. The van der Waals surface area contributed by atoms with Gasteiger partial charge in [-0.1, -0.05) is 5.16 Å². The van der Waals surface area contributed by atoms with Gasteiger partial charge < -0.3 is 31.2 Å². The Morgan fingerprint density at radius 1 is 1.41 bits per heavy atom. The van der Waals surface area contributed by atoms with Crippen LogP contribution in [0.5, 0.6) is 0 Å². The molecule has 3 aliphatic heterocycles. The number of nitrogens with two attached hydrogens (primary N) is 1. The van der Waals surface area contributed by atoms with Crippen molar-refractivity contribution >= 4 is 63.4 Å². The maximum absolute atomic E-state index is 13.2. The number of β-lactam (4-membered cyclic amide) rings is 1. The van der Waals surface area contributed by atoms with Gasteiger partial charge in [-0.25, -0.2) is 9.36 Å². The van der Waals surface area contributed by atoms with E-state index >= 15 is 0 Å². The number of fused-ring (bicyclic) bond motifs is 2. The summed E-state index contributed by atoms with van der Waals surface area (Å²) >= 11 is 2.28. The molecule has 2 aromatic rings. The van der Waals surface area contributed by atoms with Gasteiger partial charge in [-0.15, -0.1) is 11.8 Å². The number of hydrogen-bond acceptors (Lipinski definition) is 13. The molecule has 15 nitrogen and oxygen atoms in total. The molecule has 17 heteroatoms. The molecule has 0 aromatic carbocycles. The highest BCUT2D eigenvalue weighted by Crippen LogP contribution is 2.40. The van der Waals surface area contributed by atoms with Gasteiger partial charge in [0.25, 0.3) is 17.6 Å². The summed E-state index contributed by atoms with van der Waals surface area (Å²) in [7, 11) is 1.92. The molecule has 0 saturated carbocycles. The van der Waals surface area contributed by atoms with Gasteiger partial charge in [0, 0.05) is 29.4 Å². The second kappa shape index (κ2) is 12.3. The molecule has 5 rings (SSSR count). The Hall–Kier alpha value is -3.96. The van der Waals surface area contributed by atoms with Crippen LogP contribution in [0.2, 0.25) is 0 Å². The van der Waals surface area contributed by atoms with E-state index in [4.69, 9.17) is 10.6 Å². The van der Waals surface area contributed by atoms with Crippen molar-refractivity contribution in [2.75, 3.05) is 55.1 Å². The first kappa shape index (κ1) is 28.6. The van der Waals surface area contributed by atoms with Crippen molar-refractivity contribution in [1.82, 2.24) is 24.9 Å². The fraction of sp³-hybridized carbons (Fsp3) is 0.458. The third kappa shape index (κ3) is 5.64. The predicted octanol–water partition coefficient (Wildman–Crippen LogP) is -0.614. The van der Waals surface area contributed by atoms with E-state index in [1.165, 1.54) is 16.7 Å². The molecule has 41 heavy (non-hydrogen) atoms. The lowest BCUT2D eigenvalue weighted by atomic mass is 10.0. The molecule has 0 unspecified atom stereocenters. The number of carboxylic acids is 1. The third-order valence-electron chi connectivity index (χ3n) is 6.73. The summed E-state index contributed by atoms with van der Waals surface area (Å²) in [6.45, 7) is 4.65. The molecule has 6 N–H and O–H groups in total. The summed E-state index contributed by atoms with van der Waals surface area (Å²) in [4.78, 5) is 51.2. The highest BCUT2D eigenvalue weighted by atomic mass is 32.2. The number of aromatic nitrogens is 3. The number of nitrogens with one attached hydrogen (secondary N) is 3. The van der Waals surface area contributed by atoms with Gasteiger partial charge in [0.2, 0.25) is 11.5 Å². The van der Waals surface area contributed by atoms with Crippen LogP contribution >= 0.6 is 23.3 Å². The second-order valence-corrected chi connectivity index (χ2v) is 11.2. The minimum absolute atomic E-state index is 0.0200. The average Bonchev–Trinajstić information content (AvgIpc) is 3.58. The maximum Gasteiger partial charge on any atom is 0.352 e. The Labute approximate surface area is 244 Å². The Balaban J connectivity index is 1.33. The van der Waals surface area contributed by atoms with Crippen molar-refractivity contribution < 1.29 is 28.9 Å². The van der Waals surface area contributed by atoms with Gasteiger partial charge in [0.1, 0.15) is 36.0 Å². The normalized spacial score (nSPS) is 19.9. The zero-order valence-corrected chi connectivity index (χ0v) is 24.1. The summed E-state index contributed by atoms with van der Waals surface area (Å²) < 4.78 is 5.98.